The molecule has 2 aromatic carbocycles. The largest absolute Gasteiger partial charge is 0.494 e. The molecule has 6 heteroatoms. The molecule has 0 unspecified atom stereocenters. The third-order valence-electron chi connectivity index (χ3n) is 5.22. The Morgan fingerprint density at radius 1 is 1.13 bits per heavy atom. The van der Waals surface area contributed by atoms with E-state index in [1.165, 1.54) is 0 Å². The zero-order valence-electron chi connectivity index (χ0n) is 18.9. The highest BCUT2D eigenvalue weighted by Crippen LogP contribution is 2.17. The fourth-order valence-electron chi connectivity index (χ4n) is 3.14. The van der Waals surface area contributed by atoms with E-state index in [4.69, 9.17) is 16.3 Å². The summed E-state index contributed by atoms with van der Waals surface area (Å²) in [6, 6.07) is 14.7. The van der Waals surface area contributed by atoms with Crippen LogP contribution in [0.5, 0.6) is 5.75 Å². The second-order valence-corrected chi connectivity index (χ2v) is 8.35. The van der Waals surface area contributed by atoms with Gasteiger partial charge in [-0.3, -0.25) is 9.59 Å². The van der Waals surface area contributed by atoms with E-state index in [1.807, 2.05) is 45.0 Å². The van der Waals surface area contributed by atoms with Gasteiger partial charge < -0.3 is 15.0 Å². The van der Waals surface area contributed by atoms with E-state index in [-0.39, 0.29) is 17.9 Å². The zero-order valence-corrected chi connectivity index (χ0v) is 19.6. The summed E-state index contributed by atoms with van der Waals surface area (Å²) in [6.07, 6.45) is 1.71. The van der Waals surface area contributed by atoms with Crippen molar-refractivity contribution in [3.8, 4) is 5.75 Å². The van der Waals surface area contributed by atoms with Gasteiger partial charge in [-0.2, -0.15) is 0 Å². The second-order valence-electron chi connectivity index (χ2n) is 7.91. The quantitative estimate of drug-likeness (QED) is 0.488. The van der Waals surface area contributed by atoms with Gasteiger partial charge in [0.05, 0.1) is 6.61 Å². The Morgan fingerprint density at radius 2 is 1.84 bits per heavy atom. The van der Waals surface area contributed by atoms with E-state index in [0.29, 0.717) is 31.0 Å². The molecule has 5 nitrogen and oxygen atoms in total. The predicted molar refractivity (Wildman–Crippen MR) is 125 cm³/mol. The molecule has 2 aromatic rings. The van der Waals surface area contributed by atoms with Gasteiger partial charge in [0.25, 0.3) is 0 Å². The van der Waals surface area contributed by atoms with Crippen LogP contribution in [0.15, 0.2) is 48.5 Å². The predicted octanol–water partition coefficient (Wildman–Crippen LogP) is 5.14. The lowest BCUT2D eigenvalue weighted by atomic mass is 10.1. The first-order valence-corrected chi connectivity index (χ1v) is 11.2. The third-order valence-corrected chi connectivity index (χ3v) is 5.47. The lowest BCUT2D eigenvalue weighted by Gasteiger charge is -2.30. The van der Waals surface area contributed by atoms with Gasteiger partial charge in [-0.1, -0.05) is 48.4 Å². The monoisotopic (exact) mass is 444 g/mol. The molecule has 1 N–H and O–H groups in total. The lowest BCUT2D eigenvalue weighted by molar-refractivity contribution is -0.141. The van der Waals surface area contributed by atoms with Crippen LogP contribution in [-0.2, 0) is 16.1 Å². The SMILES string of the molecule is CC[C@H](C)NC(=O)[C@H](C)N(Cc1cccc(C)c1)C(=O)CCCOc1ccc(Cl)cc1. The molecule has 0 saturated carbocycles. The number of nitrogens with one attached hydrogen (secondary N) is 1. The Labute approximate surface area is 190 Å². The molecule has 31 heavy (non-hydrogen) atoms. The maximum atomic E-state index is 13.1. The molecule has 0 fully saturated rings. The van der Waals surface area contributed by atoms with Gasteiger partial charge in [-0.25, -0.2) is 0 Å². The van der Waals surface area contributed by atoms with Gasteiger partial charge in [0.15, 0.2) is 0 Å². The van der Waals surface area contributed by atoms with Crippen molar-refractivity contribution in [3.05, 3.63) is 64.7 Å². The molecule has 2 atom stereocenters. The van der Waals surface area contributed by atoms with Gasteiger partial charge in [0.1, 0.15) is 11.8 Å². The number of halogens is 1. The Bertz CT molecular complexity index is 854. The number of amides is 2. The summed E-state index contributed by atoms with van der Waals surface area (Å²) in [5.41, 5.74) is 2.13. The fraction of sp³-hybridized carbons (Fsp3) is 0.440. The summed E-state index contributed by atoms with van der Waals surface area (Å²) in [4.78, 5) is 27.4. The number of ether oxygens (including phenoxy) is 1. The molecule has 2 amide bonds. The summed E-state index contributed by atoms with van der Waals surface area (Å²) in [5, 5.41) is 3.64. The normalized spacial score (nSPS) is 12.7. The molecule has 0 aliphatic rings. The molecule has 0 heterocycles. The number of aryl methyl sites for hydroxylation is 1. The van der Waals surface area contributed by atoms with Crippen LogP contribution >= 0.6 is 11.6 Å². The highest BCUT2D eigenvalue weighted by atomic mass is 35.5. The van der Waals surface area contributed by atoms with E-state index >= 15 is 0 Å². The van der Waals surface area contributed by atoms with E-state index in [2.05, 4.69) is 5.32 Å². The molecule has 2 rings (SSSR count). The number of rotatable bonds is 11. The van der Waals surface area contributed by atoms with E-state index in [0.717, 1.165) is 23.3 Å². The summed E-state index contributed by atoms with van der Waals surface area (Å²) >= 11 is 5.88. The van der Waals surface area contributed by atoms with Crippen LogP contribution in [0.2, 0.25) is 5.02 Å². The fourth-order valence-corrected chi connectivity index (χ4v) is 3.27. The average Bonchev–Trinajstić information content (AvgIpc) is 2.75. The van der Waals surface area contributed by atoms with Crippen molar-refractivity contribution in [1.29, 1.82) is 0 Å². The molecule has 0 aliphatic carbocycles. The summed E-state index contributed by atoms with van der Waals surface area (Å²) in [7, 11) is 0. The van der Waals surface area contributed by atoms with Crippen LogP contribution in [0.3, 0.4) is 0 Å². The van der Waals surface area contributed by atoms with Crippen LogP contribution in [0.4, 0.5) is 0 Å². The Kier molecular flexibility index (Phi) is 9.86. The first kappa shape index (κ1) is 24.7. The Hall–Kier alpha value is -2.53. The van der Waals surface area contributed by atoms with Gasteiger partial charge in [0, 0.05) is 24.0 Å². The van der Waals surface area contributed by atoms with Crippen molar-refractivity contribution in [1.82, 2.24) is 10.2 Å². The maximum absolute atomic E-state index is 13.1. The maximum Gasteiger partial charge on any atom is 0.242 e. The van der Waals surface area contributed by atoms with Crippen molar-refractivity contribution < 1.29 is 14.3 Å². The van der Waals surface area contributed by atoms with Crippen LogP contribution in [-0.4, -0.2) is 35.4 Å². The van der Waals surface area contributed by atoms with Crippen LogP contribution in [0, 0.1) is 6.92 Å². The van der Waals surface area contributed by atoms with Crippen LogP contribution in [0.25, 0.3) is 0 Å². The standard InChI is InChI=1S/C25H33ClN2O3/c1-5-19(3)27-25(30)20(4)28(17-21-9-6-8-18(2)16-21)24(29)10-7-15-31-23-13-11-22(26)12-14-23/h6,8-9,11-14,16,19-20H,5,7,10,15,17H2,1-4H3,(H,27,30)/t19-,20-/m0/s1. The first-order valence-electron chi connectivity index (χ1n) is 10.8. The Balaban J connectivity index is 2.00. The van der Waals surface area contributed by atoms with Crippen molar-refractivity contribution in [2.24, 2.45) is 0 Å². The van der Waals surface area contributed by atoms with E-state index < -0.39 is 6.04 Å². The lowest BCUT2D eigenvalue weighted by Crippen LogP contribution is -2.49. The summed E-state index contributed by atoms with van der Waals surface area (Å²) in [6.45, 7) is 8.60. The number of benzene rings is 2. The van der Waals surface area contributed by atoms with Crippen LogP contribution in [0.1, 0.15) is 51.2 Å². The van der Waals surface area contributed by atoms with Crippen LogP contribution < -0.4 is 10.1 Å². The number of carbonyl (C=O) groups is 2. The minimum atomic E-state index is -0.556. The molecular formula is C25H33ClN2O3. The first-order chi connectivity index (χ1) is 14.8. The topological polar surface area (TPSA) is 58.6 Å². The molecule has 0 saturated heterocycles. The summed E-state index contributed by atoms with van der Waals surface area (Å²) < 4.78 is 5.69. The number of carbonyl (C=O) groups excluding carboxylic acids is 2. The van der Waals surface area contributed by atoms with Gasteiger partial charge in [-0.15, -0.1) is 0 Å². The second kappa shape index (κ2) is 12.4. The molecule has 168 valence electrons. The minimum Gasteiger partial charge on any atom is -0.494 e. The third kappa shape index (κ3) is 8.25. The minimum absolute atomic E-state index is 0.0620. The highest BCUT2D eigenvalue weighted by Gasteiger charge is 2.26. The highest BCUT2D eigenvalue weighted by molar-refractivity contribution is 6.30. The Morgan fingerprint density at radius 3 is 2.48 bits per heavy atom. The van der Waals surface area contributed by atoms with E-state index in [1.54, 1.807) is 36.1 Å². The van der Waals surface area contributed by atoms with E-state index in [9.17, 15) is 9.59 Å². The van der Waals surface area contributed by atoms with Gasteiger partial charge >= 0.3 is 0 Å². The molecular weight excluding hydrogens is 412 g/mol. The van der Waals surface area contributed by atoms with Crippen molar-refractivity contribution >= 4 is 23.4 Å². The average molecular weight is 445 g/mol. The van der Waals surface area contributed by atoms with Gasteiger partial charge in [0.2, 0.25) is 11.8 Å². The molecule has 0 spiro atoms. The van der Waals surface area contributed by atoms with Crippen molar-refractivity contribution in [2.45, 2.75) is 65.6 Å². The molecule has 0 aliphatic heterocycles. The zero-order chi connectivity index (χ0) is 22.8. The molecule has 0 aromatic heterocycles. The summed E-state index contributed by atoms with van der Waals surface area (Å²) in [5.74, 6) is 0.524. The molecule has 0 radical (unpaired) electrons. The number of hydrogen-bond donors (Lipinski definition) is 1. The number of nitrogens with zero attached hydrogens (tertiary/aromatic N) is 1. The molecule has 0 bridgehead atoms. The smallest absolute Gasteiger partial charge is 0.242 e. The van der Waals surface area contributed by atoms with Crippen molar-refractivity contribution in [2.75, 3.05) is 6.61 Å². The van der Waals surface area contributed by atoms with Crippen molar-refractivity contribution in [3.63, 3.8) is 0 Å². The number of hydrogen-bond acceptors (Lipinski definition) is 3. The van der Waals surface area contributed by atoms with Gasteiger partial charge in [-0.05, 0) is 63.4 Å².